The van der Waals surface area contributed by atoms with Gasteiger partial charge in [-0.15, -0.1) is 0 Å². The van der Waals surface area contributed by atoms with E-state index in [9.17, 15) is 9.59 Å². The lowest BCUT2D eigenvalue weighted by atomic mass is 10.1. The van der Waals surface area contributed by atoms with Crippen LogP contribution in [-0.4, -0.2) is 29.6 Å². The second-order valence-electron chi connectivity index (χ2n) is 5.52. The van der Waals surface area contributed by atoms with Crippen LogP contribution in [0.15, 0.2) is 42.6 Å². The third-order valence-corrected chi connectivity index (χ3v) is 3.75. The van der Waals surface area contributed by atoms with E-state index in [1.807, 2.05) is 31.2 Å². The van der Waals surface area contributed by atoms with Crippen molar-refractivity contribution in [3.05, 3.63) is 53.2 Å². The number of hydrogen-bond acceptors (Lipinski definition) is 5. The Bertz CT molecular complexity index is 749. The maximum Gasteiger partial charge on any atom is 0.306 e. The highest BCUT2D eigenvalue weighted by atomic mass is 35.5. The summed E-state index contributed by atoms with van der Waals surface area (Å²) >= 11 is 5.74. The molecule has 0 fully saturated rings. The number of hydrogen-bond donors (Lipinski definition) is 1. The van der Waals surface area contributed by atoms with E-state index in [0.717, 1.165) is 11.3 Å². The number of halogens is 1. The number of ether oxygens (including phenoxy) is 2. The summed E-state index contributed by atoms with van der Waals surface area (Å²) in [6.45, 7) is 3.97. The fourth-order valence-corrected chi connectivity index (χ4v) is 2.34. The molecule has 0 bridgehead atoms. The van der Waals surface area contributed by atoms with Gasteiger partial charge in [0, 0.05) is 12.6 Å². The van der Waals surface area contributed by atoms with E-state index in [-0.39, 0.29) is 6.42 Å². The van der Waals surface area contributed by atoms with Crippen molar-refractivity contribution in [2.24, 2.45) is 0 Å². The van der Waals surface area contributed by atoms with Gasteiger partial charge in [0.1, 0.15) is 11.6 Å². The molecular weight excluding hydrogens is 356 g/mol. The lowest BCUT2D eigenvalue weighted by Crippen LogP contribution is -2.30. The molecule has 1 aromatic heterocycles. The monoisotopic (exact) mass is 376 g/mol. The molecule has 7 heteroatoms. The first-order valence-electron chi connectivity index (χ1n) is 8.32. The highest BCUT2D eigenvalue weighted by Gasteiger charge is 2.18. The quantitative estimate of drug-likeness (QED) is 0.712. The Balaban J connectivity index is 1.83. The lowest BCUT2D eigenvalue weighted by Gasteiger charge is -2.14. The summed E-state index contributed by atoms with van der Waals surface area (Å²) in [5.74, 6) is 0.182. The highest BCUT2D eigenvalue weighted by molar-refractivity contribution is 6.30. The molecule has 0 radical (unpaired) electrons. The smallest absolute Gasteiger partial charge is 0.306 e. The van der Waals surface area contributed by atoms with Crippen molar-refractivity contribution in [3.8, 4) is 5.75 Å². The Kier molecular flexibility index (Phi) is 7.41. The fraction of sp³-hybridized carbons (Fsp3) is 0.316. The average Bonchev–Trinajstić information content (AvgIpc) is 2.63. The molecule has 1 atom stereocenters. The number of aryl methyl sites for hydroxylation is 1. The number of nitrogens with zero attached hydrogens (tertiary/aromatic N) is 1. The lowest BCUT2D eigenvalue weighted by molar-refractivity contribution is -0.153. The zero-order chi connectivity index (χ0) is 18.9. The van der Waals surface area contributed by atoms with Gasteiger partial charge in [0.2, 0.25) is 0 Å². The molecule has 138 valence electrons. The average molecular weight is 377 g/mol. The molecule has 0 aliphatic heterocycles. The van der Waals surface area contributed by atoms with Gasteiger partial charge in [0.15, 0.2) is 6.10 Å². The van der Waals surface area contributed by atoms with Gasteiger partial charge >= 0.3 is 5.97 Å². The number of nitrogens with one attached hydrogen (secondary N) is 1. The number of carbonyl (C=O) groups is 2. The molecule has 2 aromatic rings. The standard InChI is InChI=1S/C19H21ClN2O4/c1-3-25-16-7-5-4-6-14(16)8-11-18(23)26-13(2)19(24)22-17-10-9-15(20)12-21-17/h4-7,9-10,12-13H,3,8,11H2,1-2H3,(H,21,22,24)/t13-/m1/s1. The van der Waals surface area contributed by atoms with Crippen LogP contribution in [0.1, 0.15) is 25.8 Å². The van der Waals surface area contributed by atoms with Gasteiger partial charge in [-0.1, -0.05) is 29.8 Å². The first-order valence-corrected chi connectivity index (χ1v) is 8.70. The Morgan fingerprint density at radius 3 is 2.69 bits per heavy atom. The number of carbonyl (C=O) groups excluding carboxylic acids is 2. The highest BCUT2D eigenvalue weighted by Crippen LogP contribution is 2.20. The van der Waals surface area contributed by atoms with E-state index in [4.69, 9.17) is 21.1 Å². The van der Waals surface area contributed by atoms with E-state index in [1.54, 1.807) is 12.1 Å². The third kappa shape index (κ3) is 6.04. The molecular formula is C19H21ClN2O4. The van der Waals surface area contributed by atoms with Gasteiger partial charge in [-0.2, -0.15) is 0 Å². The van der Waals surface area contributed by atoms with E-state index >= 15 is 0 Å². The number of amides is 1. The molecule has 0 saturated heterocycles. The minimum atomic E-state index is -0.929. The van der Waals surface area contributed by atoms with Crippen LogP contribution in [0, 0.1) is 0 Å². The molecule has 0 aliphatic rings. The minimum absolute atomic E-state index is 0.154. The van der Waals surface area contributed by atoms with Crippen LogP contribution in [0.3, 0.4) is 0 Å². The van der Waals surface area contributed by atoms with Crippen LogP contribution in [-0.2, 0) is 20.7 Å². The number of pyridine rings is 1. The summed E-state index contributed by atoms with van der Waals surface area (Å²) in [6.07, 6.45) is 1.12. The number of anilines is 1. The normalized spacial score (nSPS) is 11.5. The van der Waals surface area contributed by atoms with E-state index < -0.39 is 18.0 Å². The predicted molar refractivity (Wildman–Crippen MR) is 99.4 cm³/mol. The van der Waals surface area contributed by atoms with Crippen molar-refractivity contribution >= 4 is 29.3 Å². The summed E-state index contributed by atoms with van der Waals surface area (Å²) in [7, 11) is 0. The van der Waals surface area contributed by atoms with Gasteiger partial charge in [-0.3, -0.25) is 9.59 Å². The van der Waals surface area contributed by atoms with Crippen molar-refractivity contribution in [1.82, 2.24) is 4.98 Å². The largest absolute Gasteiger partial charge is 0.494 e. The first kappa shape index (κ1) is 19.7. The molecule has 26 heavy (non-hydrogen) atoms. The van der Waals surface area contributed by atoms with E-state index in [0.29, 0.717) is 23.9 Å². The molecule has 1 amide bonds. The molecule has 1 aromatic carbocycles. The van der Waals surface area contributed by atoms with Crippen molar-refractivity contribution in [3.63, 3.8) is 0 Å². The van der Waals surface area contributed by atoms with E-state index in [2.05, 4.69) is 10.3 Å². The topological polar surface area (TPSA) is 77.5 Å². The van der Waals surface area contributed by atoms with Gasteiger partial charge in [0.05, 0.1) is 11.6 Å². The number of rotatable bonds is 8. The Morgan fingerprint density at radius 1 is 1.23 bits per heavy atom. The van der Waals surface area contributed by atoms with Gasteiger partial charge in [-0.05, 0) is 44.0 Å². The second kappa shape index (κ2) is 9.77. The SMILES string of the molecule is CCOc1ccccc1CCC(=O)O[C@H](C)C(=O)Nc1ccc(Cl)cn1. The molecule has 0 saturated carbocycles. The molecule has 2 rings (SSSR count). The van der Waals surface area contributed by atoms with Crippen molar-refractivity contribution in [2.45, 2.75) is 32.8 Å². The number of para-hydroxylation sites is 1. The van der Waals surface area contributed by atoms with Crippen LogP contribution in [0.25, 0.3) is 0 Å². The molecule has 0 unspecified atom stereocenters. The van der Waals surface area contributed by atoms with Crippen LogP contribution in [0.5, 0.6) is 5.75 Å². The Morgan fingerprint density at radius 2 is 2.00 bits per heavy atom. The summed E-state index contributed by atoms with van der Waals surface area (Å²) < 4.78 is 10.7. The molecule has 0 aliphatic carbocycles. The van der Waals surface area contributed by atoms with Crippen LogP contribution < -0.4 is 10.1 Å². The summed E-state index contributed by atoms with van der Waals surface area (Å²) in [4.78, 5) is 28.1. The molecule has 1 heterocycles. The van der Waals surface area contributed by atoms with Gasteiger partial charge < -0.3 is 14.8 Å². The maximum atomic E-state index is 12.1. The summed E-state index contributed by atoms with van der Waals surface area (Å²) in [6, 6.07) is 10.7. The van der Waals surface area contributed by atoms with Gasteiger partial charge in [-0.25, -0.2) is 4.98 Å². The van der Waals surface area contributed by atoms with E-state index in [1.165, 1.54) is 13.1 Å². The Labute approximate surface area is 157 Å². The zero-order valence-corrected chi connectivity index (χ0v) is 15.5. The van der Waals surface area contributed by atoms with Crippen molar-refractivity contribution in [1.29, 1.82) is 0 Å². The third-order valence-electron chi connectivity index (χ3n) is 3.53. The number of aromatic nitrogens is 1. The summed E-state index contributed by atoms with van der Waals surface area (Å²) in [5, 5.41) is 3.04. The predicted octanol–water partition coefficient (Wildman–Crippen LogP) is 3.64. The number of benzene rings is 1. The van der Waals surface area contributed by atoms with Crippen molar-refractivity contribution < 1.29 is 19.1 Å². The van der Waals surface area contributed by atoms with Crippen molar-refractivity contribution in [2.75, 3.05) is 11.9 Å². The zero-order valence-electron chi connectivity index (χ0n) is 14.7. The van der Waals surface area contributed by atoms with Gasteiger partial charge in [0.25, 0.3) is 5.91 Å². The van der Waals surface area contributed by atoms with Crippen LogP contribution >= 0.6 is 11.6 Å². The molecule has 0 spiro atoms. The van der Waals surface area contributed by atoms with Crippen LogP contribution in [0.2, 0.25) is 5.02 Å². The maximum absolute atomic E-state index is 12.1. The fourth-order valence-electron chi connectivity index (χ4n) is 2.23. The molecule has 1 N–H and O–H groups in total. The first-order chi connectivity index (χ1) is 12.5. The van der Waals surface area contributed by atoms with Crippen LogP contribution in [0.4, 0.5) is 5.82 Å². The second-order valence-corrected chi connectivity index (χ2v) is 5.96. The number of esters is 1. The molecule has 6 nitrogen and oxygen atoms in total. The Hall–Kier alpha value is -2.60. The minimum Gasteiger partial charge on any atom is -0.494 e. The summed E-state index contributed by atoms with van der Waals surface area (Å²) in [5.41, 5.74) is 0.925.